The Morgan fingerprint density at radius 2 is 1.74 bits per heavy atom. The van der Waals surface area contributed by atoms with Gasteiger partial charge in [-0.2, -0.15) is 9.97 Å². The Bertz CT molecular complexity index is 1090. The molecule has 3 aromatic rings. The normalized spacial score (nSPS) is 16.3. The van der Waals surface area contributed by atoms with Crippen molar-refractivity contribution in [3.05, 3.63) is 42.2 Å². The highest BCUT2D eigenvalue weighted by Crippen LogP contribution is 2.31. The molecular formula is C24H32N6O4S. The van der Waals surface area contributed by atoms with Crippen LogP contribution in [-0.4, -0.2) is 78.4 Å². The standard InChI is InChI=1S/C24H32N6O4S/c1-17(31)30(18(2)32)24-27-21-20(22(28-24)29-11-14-35(33)15-12-29)25-16-26-23(21)34-13-7-6-10-19-8-4-3-5-9-19/h3-5,8-9,16-18,31-32H,6-7,10-15H2,1-2H3. The molecule has 35 heavy (non-hydrogen) atoms. The first kappa shape index (κ1) is 25.4. The molecule has 2 unspecified atom stereocenters. The van der Waals surface area contributed by atoms with Crippen LogP contribution in [0.25, 0.3) is 11.0 Å². The van der Waals surface area contributed by atoms with Crippen molar-refractivity contribution in [2.24, 2.45) is 0 Å². The van der Waals surface area contributed by atoms with Crippen LogP contribution in [-0.2, 0) is 17.6 Å². The number of ether oxygens (including phenoxy) is 1. The Balaban J connectivity index is 1.60. The average Bonchev–Trinajstić information content (AvgIpc) is 2.84. The second-order valence-electron chi connectivity index (χ2n) is 8.52. The van der Waals surface area contributed by atoms with Crippen LogP contribution in [0.4, 0.5) is 11.8 Å². The molecule has 1 saturated heterocycles. The van der Waals surface area contributed by atoms with Crippen molar-refractivity contribution < 1.29 is 19.5 Å². The molecule has 0 amide bonds. The molecule has 0 bridgehead atoms. The van der Waals surface area contributed by atoms with Gasteiger partial charge in [0.15, 0.2) is 11.3 Å². The van der Waals surface area contributed by atoms with Gasteiger partial charge in [-0.1, -0.05) is 41.5 Å². The lowest BCUT2D eigenvalue weighted by molar-refractivity contribution is 0.103. The molecule has 11 heteroatoms. The predicted molar refractivity (Wildman–Crippen MR) is 136 cm³/mol. The molecule has 1 aromatic carbocycles. The molecule has 188 valence electrons. The molecule has 0 aliphatic carbocycles. The monoisotopic (exact) mass is 500 g/mol. The number of fused-ring (bicyclic) bond motifs is 1. The van der Waals surface area contributed by atoms with Crippen LogP contribution in [0.1, 0.15) is 32.3 Å². The SMILES string of the molecule is CC(O)N(c1nc(N2CC[S+]([O-])CC2)c2ncnc(OCCCCc3ccccc3)c2n1)C(C)O. The van der Waals surface area contributed by atoms with Crippen molar-refractivity contribution in [1.29, 1.82) is 0 Å². The Hall–Kier alpha value is -2.73. The average molecular weight is 501 g/mol. The summed E-state index contributed by atoms with van der Waals surface area (Å²) in [4.78, 5) is 21.3. The molecule has 1 aliphatic rings. The van der Waals surface area contributed by atoms with Crippen LogP contribution in [0.15, 0.2) is 36.7 Å². The van der Waals surface area contributed by atoms with Gasteiger partial charge in [-0.3, -0.25) is 4.90 Å². The molecule has 1 fully saturated rings. The molecule has 2 atom stereocenters. The van der Waals surface area contributed by atoms with E-state index in [9.17, 15) is 14.8 Å². The third-order valence-electron chi connectivity index (χ3n) is 5.87. The van der Waals surface area contributed by atoms with Crippen molar-refractivity contribution in [1.82, 2.24) is 19.9 Å². The van der Waals surface area contributed by atoms with E-state index in [0.29, 0.717) is 53.9 Å². The lowest BCUT2D eigenvalue weighted by Gasteiger charge is -2.32. The zero-order valence-electron chi connectivity index (χ0n) is 20.1. The summed E-state index contributed by atoms with van der Waals surface area (Å²) in [5, 5.41) is 20.6. The van der Waals surface area contributed by atoms with Crippen LogP contribution in [0.5, 0.6) is 5.88 Å². The van der Waals surface area contributed by atoms with Crippen molar-refractivity contribution in [2.75, 3.05) is 41.0 Å². The zero-order chi connectivity index (χ0) is 24.8. The van der Waals surface area contributed by atoms with E-state index in [-0.39, 0.29) is 5.95 Å². The highest BCUT2D eigenvalue weighted by Gasteiger charge is 2.28. The second kappa shape index (κ2) is 11.8. The van der Waals surface area contributed by atoms with Crippen molar-refractivity contribution in [3.63, 3.8) is 0 Å². The smallest absolute Gasteiger partial charge is 0.244 e. The number of hydrogen-bond donors (Lipinski definition) is 2. The Labute approximate surface area is 208 Å². The molecule has 3 heterocycles. The van der Waals surface area contributed by atoms with Crippen molar-refractivity contribution >= 4 is 34.0 Å². The number of rotatable bonds is 10. The third-order valence-corrected chi connectivity index (χ3v) is 7.15. The maximum Gasteiger partial charge on any atom is 0.244 e. The lowest BCUT2D eigenvalue weighted by atomic mass is 10.1. The minimum absolute atomic E-state index is 0.146. The number of nitrogens with zero attached hydrogens (tertiary/aromatic N) is 6. The summed E-state index contributed by atoms with van der Waals surface area (Å²) in [6.45, 7) is 4.65. The zero-order valence-corrected chi connectivity index (χ0v) is 20.9. The predicted octanol–water partition coefficient (Wildman–Crippen LogP) is 1.87. The number of aromatic nitrogens is 4. The van der Waals surface area contributed by atoms with Gasteiger partial charge in [0.05, 0.1) is 19.7 Å². The number of benzene rings is 1. The van der Waals surface area contributed by atoms with E-state index in [0.717, 1.165) is 19.3 Å². The first-order chi connectivity index (χ1) is 16.9. The fourth-order valence-corrected chi connectivity index (χ4v) is 5.13. The van der Waals surface area contributed by atoms with Crippen LogP contribution in [0.2, 0.25) is 0 Å². The number of hydrogen-bond acceptors (Lipinski definition) is 10. The number of aliphatic hydroxyl groups excluding tert-OH is 2. The molecule has 0 spiro atoms. The van der Waals surface area contributed by atoms with Gasteiger partial charge in [-0.25, -0.2) is 9.97 Å². The summed E-state index contributed by atoms with van der Waals surface area (Å²) in [7, 11) is 0. The van der Waals surface area contributed by atoms with Gasteiger partial charge >= 0.3 is 0 Å². The first-order valence-electron chi connectivity index (χ1n) is 11.9. The summed E-state index contributed by atoms with van der Waals surface area (Å²) in [5.41, 5.74) is 2.22. The van der Waals surface area contributed by atoms with Gasteiger partial charge in [0.25, 0.3) is 0 Å². The van der Waals surface area contributed by atoms with Gasteiger partial charge in [0, 0.05) is 0 Å². The summed E-state index contributed by atoms with van der Waals surface area (Å²) in [6, 6.07) is 10.3. The molecule has 4 rings (SSSR count). The third kappa shape index (κ3) is 6.29. The highest BCUT2D eigenvalue weighted by atomic mass is 32.2. The summed E-state index contributed by atoms with van der Waals surface area (Å²) in [6.07, 6.45) is 2.16. The van der Waals surface area contributed by atoms with Crippen LogP contribution in [0.3, 0.4) is 0 Å². The minimum Gasteiger partial charge on any atom is -0.616 e. The fourth-order valence-electron chi connectivity index (χ4n) is 4.08. The molecule has 10 nitrogen and oxygen atoms in total. The highest BCUT2D eigenvalue weighted by molar-refractivity contribution is 7.91. The van der Waals surface area contributed by atoms with Crippen LogP contribution < -0.4 is 14.5 Å². The molecule has 0 saturated carbocycles. The Kier molecular flexibility index (Phi) is 8.55. The maximum atomic E-state index is 11.9. The Morgan fingerprint density at radius 3 is 2.43 bits per heavy atom. The topological polar surface area (TPSA) is 131 Å². The first-order valence-corrected chi connectivity index (χ1v) is 13.4. The van der Waals surface area contributed by atoms with E-state index in [4.69, 9.17) is 4.74 Å². The van der Waals surface area contributed by atoms with Gasteiger partial charge in [0.1, 0.15) is 35.8 Å². The summed E-state index contributed by atoms with van der Waals surface area (Å²) < 4.78 is 17.9. The van der Waals surface area contributed by atoms with E-state index in [1.54, 1.807) is 0 Å². The van der Waals surface area contributed by atoms with E-state index in [1.165, 1.54) is 30.6 Å². The van der Waals surface area contributed by atoms with E-state index < -0.39 is 23.6 Å². The second-order valence-corrected chi connectivity index (χ2v) is 10.2. The van der Waals surface area contributed by atoms with Crippen molar-refractivity contribution in [2.45, 2.75) is 45.6 Å². The van der Waals surface area contributed by atoms with E-state index >= 15 is 0 Å². The number of anilines is 2. The van der Waals surface area contributed by atoms with Crippen LogP contribution in [0, 0.1) is 0 Å². The fraction of sp³-hybridized carbons (Fsp3) is 0.500. The van der Waals surface area contributed by atoms with Gasteiger partial charge < -0.3 is 24.4 Å². The number of aliphatic hydroxyl groups is 2. The van der Waals surface area contributed by atoms with Gasteiger partial charge in [-0.05, 0) is 38.7 Å². The van der Waals surface area contributed by atoms with E-state index in [1.807, 2.05) is 23.1 Å². The van der Waals surface area contributed by atoms with E-state index in [2.05, 4.69) is 32.1 Å². The summed E-state index contributed by atoms with van der Waals surface area (Å²) >= 11 is -0.855. The lowest BCUT2D eigenvalue weighted by Crippen LogP contribution is -2.43. The molecule has 2 aromatic heterocycles. The molecular weight excluding hydrogens is 468 g/mol. The minimum atomic E-state index is -1.03. The summed E-state index contributed by atoms with van der Waals surface area (Å²) in [5.74, 6) is 2.09. The number of aryl methyl sites for hydroxylation is 1. The maximum absolute atomic E-state index is 11.9. The van der Waals surface area contributed by atoms with Gasteiger partial charge in [-0.15, -0.1) is 0 Å². The Morgan fingerprint density at radius 1 is 1.03 bits per heavy atom. The van der Waals surface area contributed by atoms with Gasteiger partial charge in [0.2, 0.25) is 11.8 Å². The van der Waals surface area contributed by atoms with Crippen LogP contribution >= 0.6 is 0 Å². The quantitative estimate of drug-likeness (QED) is 0.242. The number of unbranched alkanes of at least 4 members (excludes halogenated alkanes) is 1. The molecule has 2 N–H and O–H groups in total. The molecule has 0 radical (unpaired) electrons. The van der Waals surface area contributed by atoms with Crippen molar-refractivity contribution in [3.8, 4) is 5.88 Å². The molecule has 1 aliphatic heterocycles. The largest absolute Gasteiger partial charge is 0.616 e.